The molecule has 0 aliphatic heterocycles. The number of hydrogen-bond acceptors (Lipinski definition) is 5. The summed E-state index contributed by atoms with van der Waals surface area (Å²) >= 11 is 12.0. The van der Waals surface area contributed by atoms with Gasteiger partial charge in [-0.1, -0.05) is 41.1 Å². The van der Waals surface area contributed by atoms with Crippen LogP contribution < -0.4 is 10.6 Å². The molecule has 156 valence electrons. The Hall–Kier alpha value is -3.60. The van der Waals surface area contributed by atoms with E-state index in [9.17, 15) is 14.7 Å². The fourth-order valence-corrected chi connectivity index (χ4v) is 3.10. The van der Waals surface area contributed by atoms with E-state index in [0.717, 1.165) is 5.69 Å². The van der Waals surface area contributed by atoms with E-state index >= 15 is 0 Å². The number of rotatable bonds is 6. The molecule has 1 atom stereocenters. The number of carboxylic acid groups (broad SMARTS) is 1. The highest BCUT2D eigenvalue weighted by molar-refractivity contribution is 6.39. The predicted octanol–water partition coefficient (Wildman–Crippen LogP) is 4.15. The third-order valence-electron chi connectivity index (χ3n) is 4.04. The van der Waals surface area contributed by atoms with Crippen molar-refractivity contribution in [3.63, 3.8) is 0 Å². The zero-order valence-electron chi connectivity index (χ0n) is 16.0. The first-order valence-corrected chi connectivity index (χ1v) is 9.80. The molecular weight excluding hydrogens is 439 g/mol. The summed E-state index contributed by atoms with van der Waals surface area (Å²) in [7, 11) is 0. The minimum atomic E-state index is -1.22. The highest BCUT2D eigenvalue weighted by atomic mass is 35.5. The van der Waals surface area contributed by atoms with Crippen molar-refractivity contribution < 1.29 is 14.7 Å². The van der Waals surface area contributed by atoms with Gasteiger partial charge in [-0.3, -0.25) is 4.79 Å². The normalized spacial score (nSPS) is 11.0. The van der Waals surface area contributed by atoms with Crippen molar-refractivity contribution in [1.82, 2.24) is 15.3 Å². The highest BCUT2D eigenvalue weighted by Crippen LogP contribution is 2.24. The van der Waals surface area contributed by atoms with E-state index in [1.165, 1.54) is 12.1 Å². The van der Waals surface area contributed by atoms with Crippen LogP contribution in [0.2, 0.25) is 10.0 Å². The molecular formula is C22H16Cl2N4O3. The molecule has 9 heteroatoms. The van der Waals surface area contributed by atoms with Gasteiger partial charge in [-0.15, -0.1) is 0 Å². The van der Waals surface area contributed by atoms with Gasteiger partial charge in [0.05, 0.1) is 15.6 Å². The Kier molecular flexibility index (Phi) is 7.44. The van der Waals surface area contributed by atoms with Crippen LogP contribution in [-0.2, 0) is 4.79 Å². The number of aliphatic carboxylic acids is 1. The second-order valence-electron chi connectivity index (χ2n) is 6.24. The van der Waals surface area contributed by atoms with Crippen LogP contribution in [0.25, 0.3) is 0 Å². The lowest BCUT2D eigenvalue weighted by Crippen LogP contribution is -2.40. The van der Waals surface area contributed by atoms with Gasteiger partial charge in [0, 0.05) is 30.1 Å². The Morgan fingerprint density at radius 1 is 1.00 bits per heavy atom. The van der Waals surface area contributed by atoms with Crippen molar-refractivity contribution in [2.45, 2.75) is 12.5 Å². The summed E-state index contributed by atoms with van der Waals surface area (Å²) in [6, 6.07) is 12.2. The molecule has 1 heterocycles. The van der Waals surface area contributed by atoms with Crippen LogP contribution in [0, 0.1) is 11.8 Å². The number of hydrogen-bond donors (Lipinski definition) is 3. The molecule has 3 N–H and O–H groups in total. The van der Waals surface area contributed by atoms with E-state index in [0.29, 0.717) is 11.5 Å². The van der Waals surface area contributed by atoms with Crippen LogP contribution >= 0.6 is 23.2 Å². The first-order valence-electron chi connectivity index (χ1n) is 9.04. The van der Waals surface area contributed by atoms with Crippen molar-refractivity contribution in [3.05, 3.63) is 82.1 Å². The average Bonchev–Trinajstić information content (AvgIpc) is 2.75. The summed E-state index contributed by atoms with van der Waals surface area (Å²) in [6.07, 6.45) is 3.17. The van der Waals surface area contributed by atoms with Crippen molar-refractivity contribution in [3.8, 4) is 11.8 Å². The molecule has 0 fully saturated rings. The fourth-order valence-electron chi connectivity index (χ4n) is 2.53. The molecule has 1 aromatic heterocycles. The molecule has 0 bridgehead atoms. The monoisotopic (exact) mass is 454 g/mol. The van der Waals surface area contributed by atoms with E-state index in [1.54, 1.807) is 48.8 Å². The molecule has 31 heavy (non-hydrogen) atoms. The van der Waals surface area contributed by atoms with E-state index in [2.05, 4.69) is 32.4 Å². The first kappa shape index (κ1) is 22.1. The van der Waals surface area contributed by atoms with Crippen LogP contribution in [0.15, 0.2) is 60.9 Å². The Labute approximate surface area is 188 Å². The number of benzene rings is 2. The minimum Gasteiger partial charge on any atom is -0.480 e. The van der Waals surface area contributed by atoms with Crippen molar-refractivity contribution in [2.75, 3.05) is 5.32 Å². The molecule has 0 radical (unpaired) electrons. The highest BCUT2D eigenvalue weighted by Gasteiger charge is 2.22. The van der Waals surface area contributed by atoms with Crippen LogP contribution in [0.5, 0.6) is 0 Å². The summed E-state index contributed by atoms with van der Waals surface area (Å²) in [5.41, 5.74) is 1.49. The first-order chi connectivity index (χ1) is 14.9. The van der Waals surface area contributed by atoms with Gasteiger partial charge in [-0.2, -0.15) is 0 Å². The van der Waals surface area contributed by atoms with Gasteiger partial charge in [0.25, 0.3) is 5.91 Å². The van der Waals surface area contributed by atoms with Gasteiger partial charge in [0.1, 0.15) is 6.04 Å². The van der Waals surface area contributed by atoms with E-state index in [-0.39, 0.29) is 22.0 Å². The molecule has 0 spiro atoms. The second-order valence-corrected chi connectivity index (χ2v) is 7.06. The summed E-state index contributed by atoms with van der Waals surface area (Å²) in [5.74, 6) is 4.24. The summed E-state index contributed by atoms with van der Waals surface area (Å²) in [4.78, 5) is 32.1. The Bertz CT molecular complexity index is 1120. The molecule has 3 aromatic rings. The zero-order chi connectivity index (χ0) is 22.2. The largest absolute Gasteiger partial charge is 0.480 e. The standard InChI is InChI=1S/C22H16Cl2N4O3/c23-16-5-2-6-17(24)19(16)20(29)28-18(21(30)31)7-1-4-14-8-10-15(11-9-14)27-22-25-12-3-13-26-22/h2-3,5-6,8-13,18H,7H2,(H,28,29)(H,30,31)(H,25,26,27). The lowest BCUT2D eigenvalue weighted by atomic mass is 10.1. The number of carbonyl (C=O) groups is 2. The Balaban J connectivity index is 1.63. The molecule has 3 rings (SSSR count). The van der Waals surface area contributed by atoms with Gasteiger partial charge < -0.3 is 15.7 Å². The third-order valence-corrected chi connectivity index (χ3v) is 4.67. The maximum atomic E-state index is 12.4. The minimum absolute atomic E-state index is 0.0236. The Morgan fingerprint density at radius 3 is 2.26 bits per heavy atom. The smallest absolute Gasteiger partial charge is 0.327 e. The van der Waals surface area contributed by atoms with Gasteiger partial charge in [-0.05, 0) is 42.5 Å². The molecule has 0 aliphatic carbocycles. The number of anilines is 2. The van der Waals surface area contributed by atoms with Gasteiger partial charge in [0.2, 0.25) is 5.95 Å². The fraction of sp³-hybridized carbons (Fsp3) is 0.0909. The number of nitrogens with one attached hydrogen (secondary N) is 2. The number of amides is 1. The second kappa shape index (κ2) is 10.4. The van der Waals surface area contributed by atoms with Gasteiger partial charge in [-0.25, -0.2) is 14.8 Å². The van der Waals surface area contributed by atoms with Crippen molar-refractivity contribution in [1.29, 1.82) is 0 Å². The molecule has 7 nitrogen and oxygen atoms in total. The van der Waals surface area contributed by atoms with Crippen LogP contribution in [0.3, 0.4) is 0 Å². The maximum absolute atomic E-state index is 12.4. The Morgan fingerprint density at radius 2 is 1.65 bits per heavy atom. The summed E-state index contributed by atoms with van der Waals surface area (Å²) in [5, 5.41) is 15.1. The van der Waals surface area contributed by atoms with Gasteiger partial charge >= 0.3 is 5.97 Å². The molecule has 1 unspecified atom stereocenters. The SMILES string of the molecule is O=C(NC(CC#Cc1ccc(Nc2ncccn2)cc1)C(=O)O)c1c(Cl)cccc1Cl. The zero-order valence-corrected chi connectivity index (χ0v) is 17.5. The van der Waals surface area contributed by atoms with Crippen LogP contribution in [0.1, 0.15) is 22.3 Å². The molecule has 0 saturated heterocycles. The molecule has 2 aromatic carbocycles. The average molecular weight is 455 g/mol. The number of halogens is 2. The van der Waals surface area contributed by atoms with Crippen molar-refractivity contribution in [2.24, 2.45) is 0 Å². The van der Waals surface area contributed by atoms with E-state index < -0.39 is 17.9 Å². The lowest BCUT2D eigenvalue weighted by molar-refractivity contribution is -0.139. The van der Waals surface area contributed by atoms with E-state index in [1.807, 2.05) is 0 Å². The quantitative estimate of drug-likeness (QED) is 0.483. The van der Waals surface area contributed by atoms with Crippen LogP contribution in [0.4, 0.5) is 11.6 Å². The number of carbonyl (C=O) groups excluding carboxylic acids is 1. The maximum Gasteiger partial charge on any atom is 0.327 e. The predicted molar refractivity (Wildman–Crippen MR) is 119 cm³/mol. The number of carboxylic acids is 1. The molecule has 0 aliphatic rings. The summed E-state index contributed by atoms with van der Waals surface area (Å²) in [6.45, 7) is 0. The van der Waals surface area contributed by atoms with Crippen LogP contribution in [-0.4, -0.2) is 33.0 Å². The molecule has 1 amide bonds. The third kappa shape index (κ3) is 6.19. The van der Waals surface area contributed by atoms with Crippen molar-refractivity contribution >= 4 is 46.7 Å². The topological polar surface area (TPSA) is 104 Å². The summed E-state index contributed by atoms with van der Waals surface area (Å²) < 4.78 is 0. The molecule has 0 saturated carbocycles. The van der Waals surface area contributed by atoms with E-state index in [4.69, 9.17) is 23.2 Å². The number of aromatic nitrogens is 2. The number of nitrogens with zero attached hydrogens (tertiary/aromatic N) is 2. The lowest BCUT2D eigenvalue weighted by Gasteiger charge is -2.13. The van der Waals surface area contributed by atoms with Gasteiger partial charge in [0.15, 0.2) is 0 Å².